The monoisotopic (exact) mass is 213 g/mol. The van der Waals surface area contributed by atoms with Gasteiger partial charge in [-0.1, -0.05) is 12.1 Å². The van der Waals surface area contributed by atoms with Crippen LogP contribution in [0.2, 0.25) is 0 Å². The lowest BCUT2D eigenvalue weighted by molar-refractivity contribution is 0.632. The molecule has 0 aliphatic heterocycles. The molecule has 0 saturated heterocycles. The number of anilines is 2. The number of nitriles is 1. The quantitative estimate of drug-likeness (QED) is 0.834. The van der Waals surface area contributed by atoms with E-state index in [2.05, 4.69) is 10.3 Å². The van der Waals surface area contributed by atoms with Crippen molar-refractivity contribution in [1.29, 1.82) is 5.26 Å². The van der Waals surface area contributed by atoms with Gasteiger partial charge in [-0.25, -0.2) is 9.37 Å². The molecule has 0 bridgehead atoms. The Bertz CT molecular complexity index is 546. The van der Waals surface area contributed by atoms with E-state index < -0.39 is 0 Å². The van der Waals surface area contributed by atoms with E-state index in [9.17, 15) is 4.39 Å². The van der Waals surface area contributed by atoms with Crippen molar-refractivity contribution in [2.24, 2.45) is 0 Å². The van der Waals surface area contributed by atoms with Crippen LogP contribution in [-0.4, -0.2) is 4.98 Å². The Morgan fingerprint density at radius 2 is 2.00 bits per heavy atom. The molecule has 0 atom stereocenters. The zero-order valence-electron chi connectivity index (χ0n) is 8.31. The van der Waals surface area contributed by atoms with Gasteiger partial charge in [-0.15, -0.1) is 0 Å². The summed E-state index contributed by atoms with van der Waals surface area (Å²) in [5.74, 6) is -0.0212. The van der Waals surface area contributed by atoms with Gasteiger partial charge in [0.15, 0.2) is 0 Å². The number of rotatable bonds is 2. The molecule has 3 nitrogen and oxygen atoms in total. The minimum Gasteiger partial charge on any atom is -0.337 e. The van der Waals surface area contributed by atoms with Crippen molar-refractivity contribution in [3.8, 4) is 6.07 Å². The molecule has 0 saturated carbocycles. The van der Waals surface area contributed by atoms with Gasteiger partial charge in [-0.05, 0) is 24.3 Å². The highest BCUT2D eigenvalue weighted by molar-refractivity contribution is 5.62. The van der Waals surface area contributed by atoms with E-state index >= 15 is 0 Å². The van der Waals surface area contributed by atoms with Crippen LogP contribution in [0, 0.1) is 17.1 Å². The number of nitrogens with zero attached hydrogens (tertiary/aromatic N) is 2. The molecule has 0 unspecified atom stereocenters. The molecule has 0 amide bonds. The molecule has 78 valence electrons. The second-order valence-corrected chi connectivity index (χ2v) is 3.12. The molecule has 0 spiro atoms. The molecule has 1 aromatic carbocycles. The van der Waals surface area contributed by atoms with Crippen LogP contribution < -0.4 is 5.32 Å². The van der Waals surface area contributed by atoms with Crippen molar-refractivity contribution in [3.05, 3.63) is 54.0 Å². The third kappa shape index (κ3) is 1.98. The lowest BCUT2D eigenvalue weighted by Crippen LogP contribution is -1.98. The zero-order chi connectivity index (χ0) is 11.4. The molecule has 2 aromatic rings. The summed E-state index contributed by atoms with van der Waals surface area (Å²) in [4.78, 5) is 3.99. The number of hydrogen-bond donors (Lipinski definition) is 1. The van der Waals surface area contributed by atoms with E-state index in [0.29, 0.717) is 17.1 Å². The van der Waals surface area contributed by atoms with Crippen LogP contribution in [0.1, 0.15) is 5.56 Å². The fraction of sp³-hybridized carbons (Fsp3) is 0. The molecule has 0 radical (unpaired) electrons. The third-order valence-electron chi connectivity index (χ3n) is 2.06. The summed E-state index contributed by atoms with van der Waals surface area (Å²) < 4.78 is 13.3. The normalized spacial score (nSPS) is 9.50. The molecular formula is C12H8FN3. The van der Waals surface area contributed by atoms with E-state index in [0.717, 1.165) is 0 Å². The maximum absolute atomic E-state index is 13.3. The van der Waals surface area contributed by atoms with Crippen molar-refractivity contribution in [2.75, 3.05) is 5.32 Å². The average Bonchev–Trinajstić information content (AvgIpc) is 2.33. The second-order valence-electron chi connectivity index (χ2n) is 3.12. The number of aromatic nitrogens is 1. The summed E-state index contributed by atoms with van der Waals surface area (Å²) in [6.45, 7) is 0. The summed E-state index contributed by atoms with van der Waals surface area (Å²) in [6, 6.07) is 11.5. The maximum atomic E-state index is 13.3. The van der Waals surface area contributed by atoms with Gasteiger partial charge < -0.3 is 5.32 Å². The van der Waals surface area contributed by atoms with Gasteiger partial charge in [0.25, 0.3) is 0 Å². The lowest BCUT2D eigenvalue weighted by Gasteiger charge is -2.07. The highest BCUT2D eigenvalue weighted by atomic mass is 19.1. The molecule has 0 aliphatic carbocycles. The fourth-order valence-corrected chi connectivity index (χ4v) is 1.29. The SMILES string of the molecule is N#Cc1cccnc1Nc1ccccc1F. The first-order valence-electron chi connectivity index (χ1n) is 4.68. The number of hydrogen-bond acceptors (Lipinski definition) is 3. The van der Waals surface area contributed by atoms with Gasteiger partial charge in [0.1, 0.15) is 17.7 Å². The van der Waals surface area contributed by atoms with Crippen LogP contribution in [-0.2, 0) is 0 Å². The number of para-hydroxylation sites is 1. The summed E-state index contributed by atoms with van der Waals surface area (Å²) in [7, 11) is 0. The molecule has 1 aromatic heterocycles. The van der Waals surface area contributed by atoms with Crippen LogP contribution in [0.3, 0.4) is 0 Å². The molecule has 1 heterocycles. The molecule has 1 N–H and O–H groups in total. The van der Waals surface area contributed by atoms with Gasteiger partial charge in [0, 0.05) is 6.20 Å². The van der Waals surface area contributed by atoms with Crippen molar-refractivity contribution in [1.82, 2.24) is 4.98 Å². The lowest BCUT2D eigenvalue weighted by atomic mass is 10.2. The highest BCUT2D eigenvalue weighted by Gasteiger charge is 2.05. The predicted molar refractivity (Wildman–Crippen MR) is 58.6 cm³/mol. The Balaban J connectivity index is 2.35. The molecule has 0 fully saturated rings. The standard InChI is InChI=1S/C12H8FN3/c13-10-5-1-2-6-11(10)16-12-9(8-14)4-3-7-15-12/h1-7H,(H,15,16). The van der Waals surface area contributed by atoms with Gasteiger partial charge in [0.05, 0.1) is 11.3 Å². The minimum absolute atomic E-state index is 0.303. The maximum Gasteiger partial charge on any atom is 0.148 e. The first-order chi connectivity index (χ1) is 7.81. The van der Waals surface area contributed by atoms with E-state index in [1.165, 1.54) is 6.07 Å². The number of benzene rings is 1. The Kier molecular flexibility index (Phi) is 2.79. The minimum atomic E-state index is -0.378. The topological polar surface area (TPSA) is 48.7 Å². The van der Waals surface area contributed by atoms with Crippen molar-refractivity contribution in [3.63, 3.8) is 0 Å². The van der Waals surface area contributed by atoms with Crippen LogP contribution in [0.15, 0.2) is 42.6 Å². The molecular weight excluding hydrogens is 205 g/mol. The molecule has 2 rings (SSSR count). The van der Waals surface area contributed by atoms with Crippen molar-refractivity contribution >= 4 is 11.5 Å². The van der Waals surface area contributed by atoms with Crippen molar-refractivity contribution in [2.45, 2.75) is 0 Å². The number of nitrogens with one attached hydrogen (secondary N) is 1. The van der Waals surface area contributed by atoms with Crippen molar-refractivity contribution < 1.29 is 4.39 Å². The Hall–Kier alpha value is -2.41. The zero-order valence-corrected chi connectivity index (χ0v) is 8.31. The summed E-state index contributed by atoms with van der Waals surface area (Å²) in [5, 5.41) is 11.6. The van der Waals surface area contributed by atoms with Crippen LogP contribution in [0.25, 0.3) is 0 Å². The summed E-state index contributed by atoms with van der Waals surface area (Å²) in [5.41, 5.74) is 0.684. The summed E-state index contributed by atoms with van der Waals surface area (Å²) >= 11 is 0. The van der Waals surface area contributed by atoms with Gasteiger partial charge in [-0.3, -0.25) is 0 Å². The first-order valence-corrected chi connectivity index (χ1v) is 4.68. The third-order valence-corrected chi connectivity index (χ3v) is 2.06. The fourth-order valence-electron chi connectivity index (χ4n) is 1.29. The van der Waals surface area contributed by atoms with Gasteiger partial charge >= 0.3 is 0 Å². The number of halogens is 1. The Morgan fingerprint density at radius 1 is 1.19 bits per heavy atom. The van der Waals surface area contributed by atoms with Gasteiger partial charge in [-0.2, -0.15) is 5.26 Å². The largest absolute Gasteiger partial charge is 0.337 e. The summed E-state index contributed by atoms with van der Waals surface area (Å²) in [6.07, 6.45) is 1.55. The second kappa shape index (κ2) is 4.41. The first kappa shape index (κ1) is 10.1. The Labute approximate surface area is 92.2 Å². The molecule has 16 heavy (non-hydrogen) atoms. The molecule has 0 aliphatic rings. The Morgan fingerprint density at radius 3 is 2.75 bits per heavy atom. The van der Waals surface area contributed by atoms with Crippen LogP contribution in [0.4, 0.5) is 15.9 Å². The number of pyridine rings is 1. The predicted octanol–water partition coefficient (Wildman–Crippen LogP) is 2.84. The van der Waals surface area contributed by atoms with E-state index in [1.54, 1.807) is 36.5 Å². The van der Waals surface area contributed by atoms with Crippen LogP contribution in [0.5, 0.6) is 0 Å². The average molecular weight is 213 g/mol. The van der Waals surface area contributed by atoms with E-state index in [-0.39, 0.29) is 5.82 Å². The highest BCUT2D eigenvalue weighted by Crippen LogP contribution is 2.19. The van der Waals surface area contributed by atoms with Crippen LogP contribution >= 0.6 is 0 Å². The molecule has 4 heteroatoms. The van der Waals surface area contributed by atoms with E-state index in [4.69, 9.17) is 5.26 Å². The van der Waals surface area contributed by atoms with Gasteiger partial charge in [0.2, 0.25) is 0 Å². The van der Waals surface area contributed by atoms with E-state index in [1.807, 2.05) is 6.07 Å². The smallest absolute Gasteiger partial charge is 0.148 e.